The Hall–Kier alpha value is -0.450. The summed E-state index contributed by atoms with van der Waals surface area (Å²) in [5.41, 5.74) is 5.66. The summed E-state index contributed by atoms with van der Waals surface area (Å²) in [6, 6.07) is 0.129. The van der Waals surface area contributed by atoms with Gasteiger partial charge < -0.3 is 10.8 Å². The van der Waals surface area contributed by atoms with Gasteiger partial charge in [-0.15, -0.1) is 0 Å². The van der Waals surface area contributed by atoms with Crippen LogP contribution in [0.5, 0.6) is 0 Å². The quantitative estimate of drug-likeness (QED) is 0.648. The summed E-state index contributed by atoms with van der Waals surface area (Å²) >= 11 is 0. The van der Waals surface area contributed by atoms with Gasteiger partial charge in [-0.25, -0.2) is 0 Å². The van der Waals surface area contributed by atoms with E-state index in [1.54, 1.807) is 6.92 Å². The molecule has 4 nitrogen and oxygen atoms in total. The minimum Gasteiger partial charge on any atom is -0.396 e. The van der Waals surface area contributed by atoms with Crippen LogP contribution in [0.15, 0.2) is 0 Å². The highest BCUT2D eigenvalue weighted by Crippen LogP contribution is 2.29. The Morgan fingerprint density at radius 3 is 2.64 bits per heavy atom. The van der Waals surface area contributed by atoms with Crippen LogP contribution < -0.4 is 5.73 Å². The zero-order chi connectivity index (χ0) is 10.7. The molecule has 0 saturated carbocycles. The van der Waals surface area contributed by atoms with E-state index in [0.29, 0.717) is 6.54 Å². The number of carbonyl (C=O) groups is 1. The maximum absolute atomic E-state index is 11.4. The predicted octanol–water partition coefficient (Wildman–Crippen LogP) is -0.395. The number of Topliss-reactive ketones (excluding diaryl/α,β-unsaturated/α-hetero) is 1. The molecule has 1 aliphatic heterocycles. The van der Waals surface area contributed by atoms with Crippen LogP contribution in [0.4, 0.5) is 0 Å². The first kappa shape index (κ1) is 11.6. The van der Waals surface area contributed by atoms with Crippen molar-refractivity contribution in [1.82, 2.24) is 4.90 Å². The monoisotopic (exact) mass is 200 g/mol. The molecule has 0 aliphatic carbocycles. The topological polar surface area (TPSA) is 66.6 Å². The highest BCUT2D eigenvalue weighted by atomic mass is 16.3. The highest BCUT2D eigenvalue weighted by molar-refractivity contribution is 5.81. The number of hydrogen-bond donors (Lipinski definition) is 2. The average molecular weight is 200 g/mol. The van der Waals surface area contributed by atoms with Crippen molar-refractivity contribution in [2.24, 2.45) is 11.7 Å². The van der Waals surface area contributed by atoms with Gasteiger partial charge in [-0.3, -0.25) is 9.69 Å². The fourth-order valence-electron chi connectivity index (χ4n) is 2.46. The molecule has 0 spiro atoms. The van der Waals surface area contributed by atoms with Crippen molar-refractivity contribution in [2.45, 2.75) is 32.4 Å². The number of rotatable bonds is 4. The zero-order valence-corrected chi connectivity index (χ0v) is 8.94. The summed E-state index contributed by atoms with van der Waals surface area (Å²) in [6.45, 7) is 5.10. The molecule has 82 valence electrons. The summed E-state index contributed by atoms with van der Waals surface area (Å²) in [6.07, 6.45) is 0.752. The summed E-state index contributed by atoms with van der Waals surface area (Å²) in [7, 11) is 0. The molecule has 4 heteroatoms. The second-order valence-corrected chi connectivity index (χ2v) is 3.94. The lowest BCUT2D eigenvalue weighted by atomic mass is 9.99. The number of nitrogens with two attached hydrogens (primary N) is 1. The van der Waals surface area contributed by atoms with Gasteiger partial charge in [-0.2, -0.15) is 0 Å². The molecular formula is C10H20N2O2. The Morgan fingerprint density at radius 2 is 2.29 bits per heavy atom. The summed E-state index contributed by atoms with van der Waals surface area (Å²) in [5, 5.41) is 9.19. The normalized spacial score (nSPS) is 33.6. The molecule has 1 fully saturated rings. The fourth-order valence-corrected chi connectivity index (χ4v) is 2.46. The molecular weight excluding hydrogens is 180 g/mol. The van der Waals surface area contributed by atoms with Gasteiger partial charge in [-0.1, -0.05) is 6.92 Å². The lowest BCUT2D eigenvalue weighted by Crippen LogP contribution is -2.44. The second kappa shape index (κ2) is 4.87. The number of hydrogen-bond acceptors (Lipinski definition) is 4. The number of ketones is 1. The van der Waals surface area contributed by atoms with Crippen molar-refractivity contribution in [3.05, 3.63) is 0 Å². The first-order valence-electron chi connectivity index (χ1n) is 5.22. The number of likely N-dealkylation sites (tertiary alicyclic amines) is 1. The van der Waals surface area contributed by atoms with E-state index in [0.717, 1.165) is 13.0 Å². The van der Waals surface area contributed by atoms with Gasteiger partial charge in [0, 0.05) is 25.1 Å². The highest BCUT2D eigenvalue weighted by Gasteiger charge is 2.40. The molecule has 0 aromatic rings. The van der Waals surface area contributed by atoms with E-state index in [9.17, 15) is 9.90 Å². The van der Waals surface area contributed by atoms with Gasteiger partial charge in [0.25, 0.3) is 0 Å². The third-order valence-electron chi connectivity index (χ3n) is 3.21. The summed E-state index contributed by atoms with van der Waals surface area (Å²) < 4.78 is 0. The Labute approximate surface area is 85.1 Å². The van der Waals surface area contributed by atoms with Crippen LogP contribution in [0, 0.1) is 5.92 Å². The third kappa shape index (κ3) is 1.97. The smallest absolute Gasteiger partial charge is 0.146 e. The van der Waals surface area contributed by atoms with Crippen molar-refractivity contribution < 1.29 is 9.90 Å². The van der Waals surface area contributed by atoms with Gasteiger partial charge in [0.15, 0.2) is 0 Å². The zero-order valence-electron chi connectivity index (χ0n) is 8.94. The average Bonchev–Trinajstić information content (AvgIpc) is 2.54. The Bertz CT molecular complexity index is 208. The molecule has 3 atom stereocenters. The molecule has 1 aliphatic rings. The molecule has 14 heavy (non-hydrogen) atoms. The predicted molar refractivity (Wildman–Crippen MR) is 54.9 cm³/mol. The van der Waals surface area contributed by atoms with Crippen LogP contribution in [0.3, 0.4) is 0 Å². The van der Waals surface area contributed by atoms with Crippen molar-refractivity contribution in [3.63, 3.8) is 0 Å². The van der Waals surface area contributed by atoms with Crippen molar-refractivity contribution in [3.8, 4) is 0 Å². The Kier molecular flexibility index (Phi) is 4.04. The van der Waals surface area contributed by atoms with E-state index in [1.165, 1.54) is 0 Å². The third-order valence-corrected chi connectivity index (χ3v) is 3.21. The van der Waals surface area contributed by atoms with Gasteiger partial charge in [0.1, 0.15) is 5.78 Å². The minimum absolute atomic E-state index is 0.0364. The van der Waals surface area contributed by atoms with E-state index in [4.69, 9.17) is 5.73 Å². The van der Waals surface area contributed by atoms with Crippen molar-refractivity contribution >= 4 is 5.78 Å². The minimum atomic E-state index is -0.0364. The number of nitrogens with zero attached hydrogens (tertiary/aromatic N) is 1. The Morgan fingerprint density at radius 1 is 1.64 bits per heavy atom. The number of aliphatic hydroxyl groups excluding tert-OH is 1. The van der Waals surface area contributed by atoms with Crippen LogP contribution in [0.1, 0.15) is 20.3 Å². The molecule has 0 aromatic carbocycles. The second-order valence-electron chi connectivity index (χ2n) is 3.94. The summed E-state index contributed by atoms with van der Waals surface area (Å²) in [5.74, 6) is 0.343. The van der Waals surface area contributed by atoms with E-state index >= 15 is 0 Å². The van der Waals surface area contributed by atoms with E-state index < -0.39 is 0 Å². The number of carbonyl (C=O) groups excluding carboxylic acids is 1. The summed E-state index contributed by atoms with van der Waals surface area (Å²) in [4.78, 5) is 13.5. The standard InChI is InChI=1S/C10H20N2O2/c1-3-12-9(7(2)14)4-8(6-13)10(12)5-11/h8-10,13H,3-6,11H2,1-2H3/t8-,9+,10-/m0/s1. The molecule has 0 aromatic heterocycles. The maximum atomic E-state index is 11.4. The van der Waals surface area contributed by atoms with Crippen LogP contribution in [-0.4, -0.2) is 47.6 Å². The Balaban J connectivity index is 2.78. The van der Waals surface area contributed by atoms with Gasteiger partial charge >= 0.3 is 0 Å². The molecule has 0 amide bonds. The molecule has 0 bridgehead atoms. The number of likely N-dealkylation sites (N-methyl/N-ethyl adjacent to an activating group) is 1. The van der Waals surface area contributed by atoms with E-state index in [2.05, 4.69) is 4.90 Å². The largest absolute Gasteiger partial charge is 0.396 e. The van der Waals surface area contributed by atoms with Crippen LogP contribution in [0.2, 0.25) is 0 Å². The van der Waals surface area contributed by atoms with Crippen LogP contribution in [0.25, 0.3) is 0 Å². The molecule has 3 N–H and O–H groups in total. The van der Waals surface area contributed by atoms with Gasteiger partial charge in [0.2, 0.25) is 0 Å². The molecule has 0 radical (unpaired) electrons. The first-order valence-corrected chi connectivity index (χ1v) is 5.22. The lowest BCUT2D eigenvalue weighted by Gasteiger charge is -2.27. The maximum Gasteiger partial charge on any atom is 0.146 e. The number of aliphatic hydroxyl groups is 1. The molecule has 0 unspecified atom stereocenters. The van der Waals surface area contributed by atoms with E-state index in [-0.39, 0.29) is 30.4 Å². The molecule has 1 heterocycles. The molecule has 1 rings (SSSR count). The van der Waals surface area contributed by atoms with E-state index in [1.807, 2.05) is 6.92 Å². The van der Waals surface area contributed by atoms with Gasteiger partial charge in [-0.05, 0) is 19.9 Å². The van der Waals surface area contributed by atoms with Crippen LogP contribution >= 0.6 is 0 Å². The van der Waals surface area contributed by atoms with Crippen molar-refractivity contribution in [2.75, 3.05) is 19.7 Å². The lowest BCUT2D eigenvalue weighted by molar-refractivity contribution is -0.121. The first-order chi connectivity index (χ1) is 6.65. The fraction of sp³-hybridized carbons (Fsp3) is 0.900. The SMILES string of the molecule is CCN1[C@@H](C(C)=O)C[C@@H](CO)[C@@H]1CN. The van der Waals surface area contributed by atoms with Crippen LogP contribution in [-0.2, 0) is 4.79 Å². The van der Waals surface area contributed by atoms with Gasteiger partial charge in [0.05, 0.1) is 6.04 Å². The van der Waals surface area contributed by atoms with Crippen molar-refractivity contribution in [1.29, 1.82) is 0 Å². The molecule has 1 saturated heterocycles.